The molecule has 1 heterocycles. The molecule has 0 radical (unpaired) electrons. The average Bonchev–Trinajstić information content (AvgIpc) is 3.12. The Morgan fingerprint density at radius 1 is 1.02 bits per heavy atom. The molecule has 1 aromatic carbocycles. The van der Waals surface area contributed by atoms with Gasteiger partial charge in [-0.2, -0.15) is 26.3 Å². The van der Waals surface area contributed by atoms with Crippen LogP contribution in [0.4, 0.5) is 49.1 Å². The number of carbonyl (C=O) groups excluding carboxylic acids is 2. The summed E-state index contributed by atoms with van der Waals surface area (Å²) in [5.41, 5.74) is -3.71. The van der Waals surface area contributed by atoms with Crippen LogP contribution in [0.1, 0.15) is 50.0 Å². The molecule has 1 saturated heterocycles. The number of halogens is 9. The number of likely N-dealkylation sites (N-methyl/N-ethyl adjacent to an activating group) is 1. The van der Waals surface area contributed by atoms with E-state index in [0.717, 1.165) is 15.9 Å². The second-order valence-corrected chi connectivity index (χ2v) is 9.07. The van der Waals surface area contributed by atoms with Crippen LogP contribution < -0.4 is 0 Å². The molecule has 1 aliphatic heterocycles. The summed E-state index contributed by atoms with van der Waals surface area (Å²) in [4.78, 5) is 27.3. The lowest BCUT2D eigenvalue weighted by Gasteiger charge is -2.32. The summed E-state index contributed by atoms with van der Waals surface area (Å²) >= 11 is 0. The molecule has 1 aliphatic carbocycles. The van der Waals surface area contributed by atoms with Gasteiger partial charge in [0, 0.05) is 12.2 Å². The SMILES string of the molecule is CCOC(=O)N(CC)C1=CCC(OC(F)(F)F)C=C1CN1C(=O)O[C@H](c2cc(C(F)(F)F)cc(C(F)(F)F)c2)[C@@H]1C. The summed E-state index contributed by atoms with van der Waals surface area (Å²) in [5, 5.41) is 0. The molecule has 7 nitrogen and oxygen atoms in total. The Hall–Kier alpha value is -3.43. The lowest BCUT2D eigenvalue weighted by Crippen LogP contribution is -2.39. The zero-order chi connectivity index (χ0) is 30.9. The molecule has 1 aromatic rings. The molecule has 2 aliphatic rings. The molecule has 3 atom stereocenters. The number of alkyl halides is 9. The molecule has 16 heteroatoms. The minimum Gasteiger partial charge on any atom is -0.449 e. The summed E-state index contributed by atoms with van der Waals surface area (Å²) in [5.74, 6) is 0. The van der Waals surface area contributed by atoms with E-state index in [1.807, 2.05) is 0 Å². The number of nitrogens with zero attached hydrogens (tertiary/aromatic N) is 2. The summed E-state index contributed by atoms with van der Waals surface area (Å²) < 4.78 is 133. The van der Waals surface area contributed by atoms with Crippen LogP contribution in [-0.2, 0) is 26.6 Å². The van der Waals surface area contributed by atoms with Crippen molar-refractivity contribution in [2.75, 3.05) is 19.7 Å². The molecule has 0 saturated carbocycles. The van der Waals surface area contributed by atoms with Gasteiger partial charge in [-0.05, 0) is 62.6 Å². The van der Waals surface area contributed by atoms with Crippen LogP contribution in [0.2, 0.25) is 0 Å². The Morgan fingerprint density at radius 2 is 1.61 bits per heavy atom. The van der Waals surface area contributed by atoms with E-state index in [9.17, 15) is 49.1 Å². The van der Waals surface area contributed by atoms with Gasteiger partial charge in [-0.1, -0.05) is 6.08 Å². The number of carbonyl (C=O) groups is 2. The van der Waals surface area contributed by atoms with E-state index >= 15 is 0 Å². The fraction of sp³-hybridized carbons (Fsp3) is 0.520. The van der Waals surface area contributed by atoms with Crippen molar-refractivity contribution in [1.82, 2.24) is 9.80 Å². The molecule has 3 rings (SSSR count). The highest BCUT2D eigenvalue weighted by atomic mass is 19.4. The van der Waals surface area contributed by atoms with E-state index < -0.39 is 72.4 Å². The van der Waals surface area contributed by atoms with Crippen LogP contribution >= 0.6 is 0 Å². The van der Waals surface area contributed by atoms with Gasteiger partial charge in [0.1, 0.15) is 6.10 Å². The van der Waals surface area contributed by atoms with Crippen LogP contribution in [0.3, 0.4) is 0 Å². The van der Waals surface area contributed by atoms with Gasteiger partial charge in [0.15, 0.2) is 0 Å². The van der Waals surface area contributed by atoms with Crippen molar-refractivity contribution in [2.45, 2.75) is 64.2 Å². The Balaban J connectivity index is 1.98. The van der Waals surface area contributed by atoms with E-state index in [0.29, 0.717) is 12.1 Å². The maximum Gasteiger partial charge on any atom is 0.523 e. The van der Waals surface area contributed by atoms with Crippen LogP contribution in [0.5, 0.6) is 0 Å². The third-order valence-electron chi connectivity index (χ3n) is 6.31. The number of rotatable bonds is 7. The Labute approximate surface area is 228 Å². The van der Waals surface area contributed by atoms with Crippen LogP contribution in [-0.4, -0.2) is 60.2 Å². The fourth-order valence-electron chi connectivity index (χ4n) is 4.49. The van der Waals surface area contributed by atoms with Crippen molar-refractivity contribution in [3.8, 4) is 0 Å². The Kier molecular flexibility index (Phi) is 9.25. The molecule has 0 spiro atoms. The van der Waals surface area contributed by atoms with Gasteiger partial charge in [0.05, 0.1) is 36.4 Å². The average molecular weight is 604 g/mol. The lowest BCUT2D eigenvalue weighted by atomic mass is 9.96. The minimum atomic E-state index is -5.14. The van der Waals surface area contributed by atoms with Crippen LogP contribution in [0, 0.1) is 0 Å². The number of cyclic esters (lactones) is 1. The Bertz CT molecular complexity index is 1180. The predicted octanol–water partition coefficient (Wildman–Crippen LogP) is 7.20. The summed E-state index contributed by atoms with van der Waals surface area (Å²) in [6, 6.07) is -0.367. The van der Waals surface area contributed by atoms with Gasteiger partial charge < -0.3 is 9.47 Å². The summed E-state index contributed by atoms with van der Waals surface area (Å²) in [6.07, 6.45) is -18.4. The highest BCUT2D eigenvalue weighted by Crippen LogP contribution is 2.41. The van der Waals surface area contributed by atoms with E-state index in [4.69, 9.17) is 9.47 Å². The lowest BCUT2D eigenvalue weighted by molar-refractivity contribution is -0.336. The molecule has 41 heavy (non-hydrogen) atoms. The molecule has 2 amide bonds. The minimum absolute atomic E-state index is 0.00937. The Morgan fingerprint density at radius 3 is 2.10 bits per heavy atom. The highest BCUT2D eigenvalue weighted by Gasteiger charge is 2.44. The third kappa shape index (κ3) is 7.65. The molecule has 0 aromatic heterocycles. The number of hydrogen-bond donors (Lipinski definition) is 0. The molecular weight excluding hydrogens is 579 g/mol. The van der Waals surface area contributed by atoms with E-state index in [1.54, 1.807) is 6.92 Å². The molecule has 0 N–H and O–H groups in total. The van der Waals surface area contributed by atoms with Crippen molar-refractivity contribution >= 4 is 12.2 Å². The maximum atomic E-state index is 13.4. The molecule has 0 bridgehead atoms. The standard InChI is InChI=1S/C25H25F9N2O5/c1-4-35(21(37)39-5-2)19-7-6-18(41-25(32,33)34)10-15(19)12-36-13(3)20(40-22(36)38)14-8-16(23(26,27)28)11-17(9-14)24(29,30)31/h7-11,13,18,20H,4-6,12H2,1-3H3/t13-,18?,20-/m0/s1. The van der Waals surface area contributed by atoms with Gasteiger partial charge in [0.2, 0.25) is 0 Å². The zero-order valence-electron chi connectivity index (χ0n) is 21.8. The highest BCUT2D eigenvalue weighted by molar-refractivity contribution is 5.73. The predicted molar refractivity (Wildman–Crippen MR) is 123 cm³/mol. The zero-order valence-corrected chi connectivity index (χ0v) is 21.8. The first kappa shape index (κ1) is 32.1. The normalized spacial score (nSPS) is 21.8. The largest absolute Gasteiger partial charge is 0.523 e. The number of hydrogen-bond acceptors (Lipinski definition) is 5. The number of ether oxygens (including phenoxy) is 3. The molecular formula is C25H25F9N2O5. The first-order valence-corrected chi connectivity index (χ1v) is 12.2. The van der Waals surface area contributed by atoms with Crippen LogP contribution in [0.15, 0.2) is 41.6 Å². The number of benzene rings is 1. The second kappa shape index (κ2) is 11.8. The third-order valence-corrected chi connectivity index (χ3v) is 6.31. The van der Waals surface area contributed by atoms with Gasteiger partial charge in [-0.15, -0.1) is 13.2 Å². The fourth-order valence-corrected chi connectivity index (χ4v) is 4.49. The van der Waals surface area contributed by atoms with Crippen molar-refractivity contribution in [1.29, 1.82) is 0 Å². The topological polar surface area (TPSA) is 68.3 Å². The van der Waals surface area contributed by atoms with Crippen molar-refractivity contribution in [3.63, 3.8) is 0 Å². The quantitative estimate of drug-likeness (QED) is 0.308. The van der Waals surface area contributed by atoms with Crippen molar-refractivity contribution < 1.29 is 63.3 Å². The second-order valence-electron chi connectivity index (χ2n) is 9.07. The van der Waals surface area contributed by atoms with Gasteiger partial charge in [0.25, 0.3) is 0 Å². The summed E-state index contributed by atoms with van der Waals surface area (Å²) in [6.45, 7) is 3.87. The van der Waals surface area contributed by atoms with E-state index in [1.165, 1.54) is 19.9 Å². The first-order valence-electron chi connectivity index (χ1n) is 12.2. The van der Waals surface area contributed by atoms with E-state index in [2.05, 4.69) is 4.74 Å². The smallest absolute Gasteiger partial charge is 0.449 e. The molecule has 228 valence electrons. The van der Waals surface area contributed by atoms with Gasteiger partial charge >= 0.3 is 30.9 Å². The van der Waals surface area contributed by atoms with Crippen molar-refractivity contribution in [3.05, 3.63) is 58.3 Å². The van der Waals surface area contributed by atoms with Crippen molar-refractivity contribution in [2.24, 2.45) is 0 Å². The maximum absolute atomic E-state index is 13.4. The molecule has 1 unspecified atom stereocenters. The molecule has 1 fully saturated rings. The van der Waals surface area contributed by atoms with Crippen LogP contribution in [0.25, 0.3) is 0 Å². The van der Waals surface area contributed by atoms with Gasteiger partial charge in [-0.3, -0.25) is 14.5 Å². The monoisotopic (exact) mass is 604 g/mol. The first-order chi connectivity index (χ1) is 18.9. The summed E-state index contributed by atoms with van der Waals surface area (Å²) in [7, 11) is 0. The van der Waals surface area contributed by atoms with Gasteiger partial charge in [-0.25, -0.2) is 9.59 Å². The van der Waals surface area contributed by atoms with E-state index in [-0.39, 0.29) is 36.9 Å². The number of amides is 2.